The van der Waals surface area contributed by atoms with Crippen LogP contribution in [-0.2, 0) is 11.3 Å². The van der Waals surface area contributed by atoms with Crippen LogP contribution in [0, 0.1) is 17.8 Å². The molecule has 2 atom stereocenters. The van der Waals surface area contributed by atoms with Gasteiger partial charge in [0.1, 0.15) is 5.52 Å². The van der Waals surface area contributed by atoms with Crippen LogP contribution in [0.5, 0.6) is 0 Å². The molecule has 220 valence electrons. The Labute approximate surface area is 243 Å². The van der Waals surface area contributed by atoms with E-state index < -0.39 is 0 Å². The standard InChI is InChI=1S/C32H45N7O2/c1-4-33-31(40)30-35-28(34-22(3)24-11-8-12-24)27-29(36-30)37-32(39(27)19-23-15-13-21(2)14-16-23)38-17-18-41-20-26(38)25-9-6-5-7-10-25/h5-7,9-10,21-24,26H,4,8,11-20H2,1-3H3,(H,33,40)(H,34,35,36). The van der Waals surface area contributed by atoms with Crippen molar-refractivity contribution in [3.05, 3.63) is 41.7 Å². The first kappa shape index (κ1) is 27.9. The number of nitrogens with one attached hydrogen (secondary N) is 2. The van der Waals surface area contributed by atoms with Gasteiger partial charge in [0.2, 0.25) is 11.8 Å². The molecule has 1 aromatic carbocycles. The lowest BCUT2D eigenvalue weighted by atomic mass is 9.80. The fourth-order valence-corrected chi connectivity index (χ4v) is 6.70. The summed E-state index contributed by atoms with van der Waals surface area (Å²) in [5.74, 6) is 3.51. The van der Waals surface area contributed by atoms with Crippen molar-refractivity contribution in [1.82, 2.24) is 24.8 Å². The maximum Gasteiger partial charge on any atom is 0.289 e. The van der Waals surface area contributed by atoms with Crippen LogP contribution in [-0.4, -0.2) is 57.8 Å². The van der Waals surface area contributed by atoms with E-state index in [1.807, 2.05) is 6.92 Å². The van der Waals surface area contributed by atoms with Gasteiger partial charge in [-0.3, -0.25) is 4.79 Å². The zero-order valence-electron chi connectivity index (χ0n) is 24.8. The van der Waals surface area contributed by atoms with Crippen molar-refractivity contribution in [3.63, 3.8) is 0 Å². The highest BCUT2D eigenvalue weighted by Crippen LogP contribution is 2.38. The van der Waals surface area contributed by atoms with E-state index >= 15 is 0 Å². The normalized spacial score (nSPS) is 24.2. The molecule has 0 radical (unpaired) electrons. The summed E-state index contributed by atoms with van der Waals surface area (Å²) >= 11 is 0. The first-order valence-electron chi connectivity index (χ1n) is 15.7. The Hall–Kier alpha value is -3.20. The van der Waals surface area contributed by atoms with Crippen LogP contribution < -0.4 is 15.5 Å². The number of nitrogens with zero attached hydrogens (tertiary/aromatic N) is 5. The lowest BCUT2D eigenvalue weighted by molar-refractivity contribution is 0.0927. The molecule has 1 saturated heterocycles. The molecule has 1 amide bonds. The smallest absolute Gasteiger partial charge is 0.289 e. The Kier molecular flexibility index (Phi) is 8.42. The minimum absolute atomic E-state index is 0.0491. The van der Waals surface area contributed by atoms with Gasteiger partial charge in [-0.1, -0.05) is 56.5 Å². The molecule has 1 aliphatic heterocycles. The summed E-state index contributed by atoms with van der Waals surface area (Å²) < 4.78 is 8.36. The minimum atomic E-state index is -0.264. The third-order valence-corrected chi connectivity index (χ3v) is 9.49. The summed E-state index contributed by atoms with van der Waals surface area (Å²) in [6, 6.07) is 10.9. The Morgan fingerprint density at radius 2 is 1.85 bits per heavy atom. The number of ether oxygens (including phenoxy) is 1. The highest BCUT2D eigenvalue weighted by Gasteiger charge is 2.33. The van der Waals surface area contributed by atoms with Crippen molar-refractivity contribution in [2.24, 2.45) is 17.8 Å². The average Bonchev–Trinajstić information content (AvgIpc) is 3.32. The molecule has 0 spiro atoms. The number of rotatable bonds is 9. The summed E-state index contributed by atoms with van der Waals surface area (Å²) in [5, 5.41) is 6.61. The van der Waals surface area contributed by atoms with Gasteiger partial charge in [-0.25, -0.2) is 9.97 Å². The lowest BCUT2D eigenvalue weighted by Gasteiger charge is -2.37. The third kappa shape index (κ3) is 5.92. The summed E-state index contributed by atoms with van der Waals surface area (Å²) in [5.41, 5.74) is 2.71. The van der Waals surface area contributed by atoms with Crippen molar-refractivity contribution in [1.29, 1.82) is 0 Å². The van der Waals surface area contributed by atoms with E-state index in [9.17, 15) is 4.79 Å². The fourth-order valence-electron chi connectivity index (χ4n) is 6.70. The molecule has 41 heavy (non-hydrogen) atoms. The van der Waals surface area contributed by atoms with Gasteiger partial charge in [-0.05, 0) is 62.8 Å². The molecule has 3 aromatic rings. The van der Waals surface area contributed by atoms with E-state index in [4.69, 9.17) is 19.7 Å². The molecule has 2 aliphatic carbocycles. The van der Waals surface area contributed by atoms with Crippen LogP contribution in [0.3, 0.4) is 0 Å². The maximum atomic E-state index is 13.0. The Balaban J connectivity index is 1.48. The van der Waals surface area contributed by atoms with E-state index in [2.05, 4.69) is 64.3 Å². The molecular weight excluding hydrogens is 514 g/mol. The van der Waals surface area contributed by atoms with E-state index in [-0.39, 0.29) is 23.8 Å². The first-order valence-corrected chi connectivity index (χ1v) is 15.7. The second-order valence-corrected chi connectivity index (χ2v) is 12.4. The van der Waals surface area contributed by atoms with Gasteiger partial charge in [-0.2, -0.15) is 4.98 Å². The van der Waals surface area contributed by atoms with Gasteiger partial charge in [0, 0.05) is 25.7 Å². The zero-order chi connectivity index (χ0) is 28.3. The highest BCUT2D eigenvalue weighted by molar-refractivity contribution is 5.95. The van der Waals surface area contributed by atoms with Crippen molar-refractivity contribution in [3.8, 4) is 0 Å². The molecule has 9 heteroatoms. The molecule has 6 rings (SSSR count). The largest absolute Gasteiger partial charge is 0.377 e. The van der Waals surface area contributed by atoms with Gasteiger partial charge in [0.15, 0.2) is 11.5 Å². The number of morpholine rings is 1. The van der Waals surface area contributed by atoms with Gasteiger partial charge < -0.3 is 24.8 Å². The lowest BCUT2D eigenvalue weighted by Crippen LogP contribution is -2.41. The van der Waals surface area contributed by atoms with Crippen LogP contribution in [0.15, 0.2) is 30.3 Å². The van der Waals surface area contributed by atoms with Crippen molar-refractivity contribution < 1.29 is 9.53 Å². The summed E-state index contributed by atoms with van der Waals surface area (Å²) in [4.78, 5) is 30.2. The van der Waals surface area contributed by atoms with Crippen LogP contribution >= 0.6 is 0 Å². The van der Waals surface area contributed by atoms with Gasteiger partial charge in [-0.15, -0.1) is 0 Å². The van der Waals surface area contributed by atoms with Crippen LogP contribution in [0.25, 0.3) is 11.2 Å². The number of aromatic nitrogens is 4. The molecule has 3 heterocycles. The summed E-state index contributed by atoms with van der Waals surface area (Å²) in [7, 11) is 0. The highest BCUT2D eigenvalue weighted by atomic mass is 16.5. The molecule has 3 aliphatic rings. The number of anilines is 2. The topological polar surface area (TPSA) is 97.2 Å². The number of hydrogen-bond donors (Lipinski definition) is 2. The van der Waals surface area contributed by atoms with Crippen LogP contribution in [0.1, 0.15) is 87.9 Å². The van der Waals surface area contributed by atoms with E-state index in [0.717, 1.165) is 36.3 Å². The molecule has 2 N–H and O–H groups in total. The number of carbonyl (C=O) groups excluding carboxylic acids is 1. The Morgan fingerprint density at radius 3 is 2.56 bits per heavy atom. The number of imidazole rings is 1. The Bertz CT molecular complexity index is 1330. The predicted octanol–water partition coefficient (Wildman–Crippen LogP) is 5.58. The van der Waals surface area contributed by atoms with Crippen molar-refractivity contribution in [2.45, 2.75) is 84.3 Å². The number of fused-ring (bicyclic) bond motifs is 1. The van der Waals surface area contributed by atoms with Crippen molar-refractivity contribution >= 4 is 28.8 Å². The van der Waals surface area contributed by atoms with Gasteiger partial charge >= 0.3 is 0 Å². The minimum Gasteiger partial charge on any atom is -0.377 e. The van der Waals surface area contributed by atoms with E-state index in [1.54, 1.807) is 0 Å². The molecule has 2 saturated carbocycles. The fraction of sp³-hybridized carbons (Fsp3) is 0.625. The average molecular weight is 560 g/mol. The SMILES string of the molecule is CCNC(=O)c1nc(NC(C)C2CCC2)c2c(n1)nc(N1CCOCC1c1ccccc1)n2CC1CCC(C)CC1. The molecule has 3 fully saturated rings. The van der Waals surface area contributed by atoms with Crippen LogP contribution in [0.2, 0.25) is 0 Å². The number of benzene rings is 1. The molecular formula is C32H45N7O2. The quantitative estimate of drug-likeness (QED) is 0.353. The monoisotopic (exact) mass is 559 g/mol. The molecule has 9 nitrogen and oxygen atoms in total. The molecule has 2 unspecified atom stereocenters. The van der Waals surface area contributed by atoms with Gasteiger partial charge in [0.25, 0.3) is 5.91 Å². The van der Waals surface area contributed by atoms with E-state index in [1.165, 1.54) is 50.5 Å². The van der Waals surface area contributed by atoms with E-state index in [0.29, 0.717) is 37.2 Å². The molecule has 0 bridgehead atoms. The number of hydrogen-bond acceptors (Lipinski definition) is 7. The number of carbonyl (C=O) groups is 1. The second-order valence-electron chi connectivity index (χ2n) is 12.4. The van der Waals surface area contributed by atoms with Crippen LogP contribution in [0.4, 0.5) is 11.8 Å². The van der Waals surface area contributed by atoms with Crippen molar-refractivity contribution in [2.75, 3.05) is 36.5 Å². The number of amides is 1. The predicted molar refractivity (Wildman–Crippen MR) is 162 cm³/mol. The summed E-state index contributed by atoms with van der Waals surface area (Å²) in [6.45, 7) is 9.90. The summed E-state index contributed by atoms with van der Waals surface area (Å²) in [6.07, 6.45) is 8.68. The molecule has 2 aromatic heterocycles. The zero-order valence-corrected chi connectivity index (χ0v) is 24.8. The first-order chi connectivity index (χ1) is 20.0. The maximum absolute atomic E-state index is 13.0. The third-order valence-electron chi connectivity index (χ3n) is 9.49. The Morgan fingerprint density at radius 1 is 1.07 bits per heavy atom. The van der Waals surface area contributed by atoms with Gasteiger partial charge in [0.05, 0.1) is 19.3 Å². The second kappa shape index (κ2) is 12.3.